The molecule has 13 heteroatoms. The van der Waals surface area contributed by atoms with E-state index in [9.17, 15) is 31.2 Å². The van der Waals surface area contributed by atoms with Gasteiger partial charge >= 0.3 is 5.97 Å². The minimum atomic E-state index is -3.87. The number of methoxy groups -OCH3 is 1. The van der Waals surface area contributed by atoms with Crippen LogP contribution in [0.1, 0.15) is 40.1 Å². The molecule has 0 saturated carbocycles. The van der Waals surface area contributed by atoms with E-state index in [0.29, 0.717) is 24.5 Å². The number of carbonyl (C=O) groups is 2. The van der Waals surface area contributed by atoms with Gasteiger partial charge in [-0.2, -0.15) is 0 Å². The standard InChI is InChI=1S/C22H26F3N3O5S2/c1-12-7-19(21(30)33-2)34-22(12)35(31,32)27-15-3-5-28(6-4-15)20(29)10-14(26)8-13-9-17(24)18(25)11-16(13)23/h7,9,11,14-15,27H,3-6,8,10,26H2,1-2H3. The van der Waals surface area contributed by atoms with Crippen LogP contribution in [0.2, 0.25) is 0 Å². The molecule has 2 aromatic rings. The largest absolute Gasteiger partial charge is 0.465 e. The van der Waals surface area contributed by atoms with Crippen molar-refractivity contribution in [3.63, 3.8) is 0 Å². The first-order valence-corrected chi connectivity index (χ1v) is 13.1. The first kappa shape index (κ1) is 27.1. The van der Waals surface area contributed by atoms with Crippen LogP contribution in [0, 0.1) is 24.4 Å². The van der Waals surface area contributed by atoms with Crippen LogP contribution in [0.15, 0.2) is 22.4 Å². The Bertz CT molecular complexity index is 1210. The second-order valence-corrected chi connectivity index (χ2v) is 11.3. The number of hydrogen-bond donors (Lipinski definition) is 2. The highest BCUT2D eigenvalue weighted by Crippen LogP contribution is 2.28. The second-order valence-electron chi connectivity index (χ2n) is 8.38. The fourth-order valence-corrected chi connectivity index (χ4v) is 6.82. The summed E-state index contributed by atoms with van der Waals surface area (Å²) in [7, 11) is -2.65. The van der Waals surface area contributed by atoms with Gasteiger partial charge in [0.05, 0.1) is 7.11 Å². The van der Waals surface area contributed by atoms with E-state index in [0.717, 1.165) is 17.4 Å². The minimum absolute atomic E-state index is 0.0341. The number of hydrogen-bond acceptors (Lipinski definition) is 7. The molecule has 1 saturated heterocycles. The zero-order valence-corrected chi connectivity index (χ0v) is 20.8. The Balaban J connectivity index is 1.53. The summed E-state index contributed by atoms with van der Waals surface area (Å²) >= 11 is 0.829. The maximum atomic E-state index is 13.8. The summed E-state index contributed by atoms with van der Waals surface area (Å²) in [6.07, 6.45) is 0.469. The highest BCUT2D eigenvalue weighted by atomic mass is 32.2. The molecule has 1 atom stereocenters. The summed E-state index contributed by atoms with van der Waals surface area (Å²) < 4.78 is 73.2. The van der Waals surface area contributed by atoms with E-state index < -0.39 is 45.5 Å². The zero-order chi connectivity index (χ0) is 25.9. The maximum absolute atomic E-state index is 13.8. The lowest BCUT2D eigenvalue weighted by molar-refractivity contribution is -0.132. The molecule has 0 radical (unpaired) electrons. The molecule has 1 unspecified atom stereocenters. The average molecular weight is 534 g/mol. The molecule has 2 heterocycles. The normalized spacial score (nSPS) is 15.8. The summed E-state index contributed by atoms with van der Waals surface area (Å²) in [5, 5.41) is 0. The van der Waals surface area contributed by atoms with Gasteiger partial charge in [0.15, 0.2) is 11.6 Å². The summed E-state index contributed by atoms with van der Waals surface area (Å²) in [4.78, 5) is 26.0. The molecule has 0 bridgehead atoms. The van der Waals surface area contributed by atoms with Gasteiger partial charge in [-0.25, -0.2) is 31.1 Å². The van der Waals surface area contributed by atoms with Gasteiger partial charge in [-0.15, -0.1) is 11.3 Å². The van der Waals surface area contributed by atoms with Gasteiger partial charge in [0.2, 0.25) is 5.91 Å². The highest BCUT2D eigenvalue weighted by molar-refractivity contribution is 7.91. The van der Waals surface area contributed by atoms with Crippen LogP contribution in [0.25, 0.3) is 0 Å². The molecule has 3 rings (SSSR count). The van der Waals surface area contributed by atoms with Crippen molar-refractivity contribution >= 4 is 33.2 Å². The van der Waals surface area contributed by atoms with Crippen molar-refractivity contribution in [3.8, 4) is 0 Å². The van der Waals surface area contributed by atoms with E-state index in [1.807, 2.05) is 0 Å². The molecule has 192 valence electrons. The number of esters is 1. The molecular formula is C22H26F3N3O5S2. The number of nitrogens with zero attached hydrogens (tertiary/aromatic N) is 1. The van der Waals surface area contributed by atoms with Gasteiger partial charge < -0.3 is 15.4 Å². The summed E-state index contributed by atoms with van der Waals surface area (Å²) in [6, 6.07) is 1.43. The zero-order valence-electron chi connectivity index (χ0n) is 19.1. The second kappa shape index (κ2) is 11.1. The van der Waals surface area contributed by atoms with Gasteiger partial charge in [-0.3, -0.25) is 4.79 Å². The number of amides is 1. The number of sulfonamides is 1. The van der Waals surface area contributed by atoms with Gasteiger partial charge in [0.1, 0.15) is 14.9 Å². The van der Waals surface area contributed by atoms with Crippen molar-refractivity contribution in [2.45, 2.75) is 48.9 Å². The predicted octanol–water partition coefficient (Wildman–Crippen LogP) is 2.49. The number of thiophene rings is 1. The molecule has 35 heavy (non-hydrogen) atoms. The molecule has 1 aliphatic heterocycles. The third kappa shape index (κ3) is 6.60. The lowest BCUT2D eigenvalue weighted by Crippen LogP contribution is -2.47. The van der Waals surface area contributed by atoms with Crippen LogP contribution in [0.3, 0.4) is 0 Å². The molecule has 1 amide bonds. The van der Waals surface area contributed by atoms with E-state index in [1.165, 1.54) is 18.1 Å². The topological polar surface area (TPSA) is 119 Å². The quantitative estimate of drug-likeness (QED) is 0.398. The van der Waals surface area contributed by atoms with E-state index >= 15 is 0 Å². The third-order valence-corrected chi connectivity index (χ3v) is 9.05. The van der Waals surface area contributed by atoms with Crippen LogP contribution in [0.4, 0.5) is 13.2 Å². The van der Waals surface area contributed by atoms with Crippen LogP contribution >= 0.6 is 11.3 Å². The molecule has 0 spiro atoms. The first-order valence-electron chi connectivity index (χ1n) is 10.8. The molecule has 8 nitrogen and oxygen atoms in total. The summed E-state index contributed by atoms with van der Waals surface area (Å²) in [6.45, 7) is 2.17. The van der Waals surface area contributed by atoms with Crippen LogP contribution < -0.4 is 10.5 Å². The molecule has 1 fully saturated rings. The SMILES string of the molecule is COC(=O)c1cc(C)c(S(=O)(=O)NC2CCN(C(=O)CC(N)Cc3cc(F)c(F)cc3F)CC2)s1. The molecule has 3 N–H and O–H groups in total. The molecule has 1 aromatic heterocycles. The summed E-state index contributed by atoms with van der Waals surface area (Å²) in [5.74, 6) is -4.33. The lowest BCUT2D eigenvalue weighted by Gasteiger charge is -2.32. The smallest absolute Gasteiger partial charge is 0.348 e. The Labute approximate surface area is 205 Å². The van der Waals surface area contributed by atoms with E-state index in [4.69, 9.17) is 5.73 Å². The number of carbonyl (C=O) groups excluding carboxylic acids is 2. The highest BCUT2D eigenvalue weighted by Gasteiger charge is 2.30. The van der Waals surface area contributed by atoms with Crippen molar-refractivity contribution in [2.75, 3.05) is 20.2 Å². The predicted molar refractivity (Wildman–Crippen MR) is 123 cm³/mol. The minimum Gasteiger partial charge on any atom is -0.465 e. The molecule has 1 aliphatic rings. The van der Waals surface area contributed by atoms with E-state index in [1.54, 1.807) is 6.92 Å². The Kier molecular flexibility index (Phi) is 8.57. The first-order chi connectivity index (χ1) is 16.4. The van der Waals surface area contributed by atoms with Gasteiger partial charge in [0, 0.05) is 37.7 Å². The Morgan fingerprint density at radius 2 is 1.80 bits per heavy atom. The van der Waals surface area contributed by atoms with Crippen molar-refractivity contribution in [3.05, 3.63) is 51.7 Å². The molecule has 0 aliphatic carbocycles. The van der Waals surface area contributed by atoms with Crippen LogP contribution in [-0.4, -0.2) is 57.5 Å². The molecular weight excluding hydrogens is 507 g/mol. The number of likely N-dealkylation sites (tertiary alicyclic amines) is 1. The maximum Gasteiger partial charge on any atom is 0.348 e. The van der Waals surface area contributed by atoms with Gasteiger partial charge in [-0.1, -0.05) is 0 Å². The number of benzene rings is 1. The van der Waals surface area contributed by atoms with Crippen molar-refractivity contribution in [2.24, 2.45) is 5.73 Å². The average Bonchev–Trinajstić information content (AvgIpc) is 3.19. The monoisotopic (exact) mass is 533 g/mol. The fourth-order valence-electron chi connectivity index (χ4n) is 3.88. The van der Waals surface area contributed by atoms with Crippen molar-refractivity contribution in [1.82, 2.24) is 9.62 Å². The van der Waals surface area contributed by atoms with Crippen molar-refractivity contribution < 1.29 is 35.9 Å². The van der Waals surface area contributed by atoms with E-state index in [2.05, 4.69) is 9.46 Å². The number of nitrogens with one attached hydrogen (secondary N) is 1. The number of aryl methyl sites for hydroxylation is 1. The third-order valence-electron chi connectivity index (χ3n) is 5.68. The van der Waals surface area contributed by atoms with Crippen molar-refractivity contribution in [1.29, 1.82) is 0 Å². The number of rotatable bonds is 8. The number of ether oxygens (including phenoxy) is 1. The number of piperidine rings is 1. The molecule has 1 aromatic carbocycles. The Morgan fingerprint density at radius 1 is 1.17 bits per heavy atom. The van der Waals surface area contributed by atoms with Crippen LogP contribution in [-0.2, 0) is 26.0 Å². The Hall–Kier alpha value is -2.48. The summed E-state index contributed by atoms with van der Waals surface area (Å²) in [5.41, 5.74) is 6.26. The Morgan fingerprint density at radius 3 is 2.43 bits per heavy atom. The lowest BCUT2D eigenvalue weighted by atomic mass is 10.0. The van der Waals surface area contributed by atoms with Gasteiger partial charge in [0.25, 0.3) is 10.0 Å². The fraction of sp³-hybridized carbons (Fsp3) is 0.455. The number of nitrogens with two attached hydrogens (primary N) is 1. The van der Waals surface area contributed by atoms with E-state index in [-0.39, 0.29) is 46.5 Å². The van der Waals surface area contributed by atoms with Gasteiger partial charge in [-0.05, 0) is 49.4 Å². The number of halogens is 3. The van der Waals surface area contributed by atoms with Crippen LogP contribution in [0.5, 0.6) is 0 Å².